The van der Waals surface area contributed by atoms with Crippen molar-refractivity contribution in [2.75, 3.05) is 0 Å². The number of carboxylic acid groups (broad SMARTS) is 1. The minimum absolute atomic E-state index is 0. The first kappa shape index (κ1) is 12.1. The Bertz CT molecular complexity index is 76.4. The summed E-state index contributed by atoms with van der Waals surface area (Å²) in [7, 11) is 0. The van der Waals surface area contributed by atoms with Gasteiger partial charge in [0.15, 0.2) is 0 Å². The van der Waals surface area contributed by atoms with Crippen LogP contribution in [0.3, 0.4) is 0 Å². The summed E-state index contributed by atoms with van der Waals surface area (Å²) in [6.07, 6.45) is 0.483. The number of halogens is 1. The van der Waals surface area contributed by atoms with Gasteiger partial charge in [-0.3, -0.25) is 4.79 Å². The number of hydrogen-bond acceptors (Lipinski definition) is 1. The minimum atomic E-state index is -0.941. The van der Waals surface area contributed by atoms with Gasteiger partial charge in [0.2, 0.25) is 0 Å². The molecule has 0 aromatic rings. The Morgan fingerprint density at radius 2 is 2.25 bits per heavy atom. The van der Waals surface area contributed by atoms with Crippen LogP contribution < -0.4 is 0 Å². The Kier molecular flexibility index (Phi) is 9.86. The van der Waals surface area contributed by atoms with Crippen molar-refractivity contribution >= 4 is 69.0 Å². The second-order valence-electron chi connectivity index (χ2n) is 1.21. The molecule has 0 saturated heterocycles. The molecule has 0 aromatic heterocycles. The summed E-state index contributed by atoms with van der Waals surface area (Å²) >= 11 is 5.20. The number of alkyl halides is 1. The fourth-order valence-electron chi connectivity index (χ4n) is 0.175. The van der Waals surface area contributed by atoms with Gasteiger partial charge in [-0.15, -0.1) is 11.6 Å². The van der Waals surface area contributed by atoms with Crippen LogP contribution in [0.5, 0.6) is 0 Å². The molecule has 0 aliphatic carbocycles. The molecule has 0 aromatic carbocycles. The molecule has 4 heteroatoms. The third-order valence-corrected chi connectivity index (χ3v) is 1.12. The van der Waals surface area contributed by atoms with E-state index in [1.807, 2.05) is 0 Å². The predicted octanol–water partition coefficient (Wildman–Crippen LogP) is 0.440. The molecule has 0 saturated carbocycles. The number of carboxylic acids is 1. The van der Waals surface area contributed by atoms with E-state index >= 15 is 0 Å². The summed E-state index contributed by atoms with van der Waals surface area (Å²) < 4.78 is 0. The molecule has 0 fully saturated rings. The fraction of sp³-hybridized carbons (Fsp3) is 0.750. The molecule has 0 aliphatic rings. The van der Waals surface area contributed by atoms with Crippen molar-refractivity contribution in [3.63, 3.8) is 0 Å². The summed E-state index contributed by atoms with van der Waals surface area (Å²) in [4.78, 5) is 9.80. The van der Waals surface area contributed by atoms with Crippen molar-refractivity contribution in [3.05, 3.63) is 0 Å². The van der Waals surface area contributed by atoms with E-state index in [4.69, 9.17) is 16.7 Å². The van der Waals surface area contributed by atoms with Gasteiger partial charge in [0.05, 0.1) is 0 Å². The molecule has 0 amide bonds. The second-order valence-corrected chi connectivity index (χ2v) is 1.74. The van der Waals surface area contributed by atoms with E-state index in [2.05, 4.69) is 0 Å². The molecule has 0 radical (unpaired) electrons. The maximum absolute atomic E-state index is 9.80. The molecule has 0 bridgehead atoms. The molecule has 1 N–H and O–H groups in total. The molecule has 0 heterocycles. The Morgan fingerprint density at radius 1 is 1.88 bits per heavy atom. The molecule has 1 unspecified atom stereocenters. The maximum atomic E-state index is 9.80. The molecule has 0 aliphatic heterocycles. The molecular formula is C4H8ClKO2. The molecule has 8 heavy (non-hydrogen) atoms. The van der Waals surface area contributed by atoms with E-state index in [9.17, 15) is 4.79 Å². The van der Waals surface area contributed by atoms with Crippen molar-refractivity contribution in [1.29, 1.82) is 0 Å². The van der Waals surface area contributed by atoms with Gasteiger partial charge in [0.1, 0.15) is 5.38 Å². The summed E-state index contributed by atoms with van der Waals surface area (Å²) in [6, 6.07) is 0. The Balaban J connectivity index is 0. The quantitative estimate of drug-likeness (QED) is 0.473. The van der Waals surface area contributed by atoms with Crippen molar-refractivity contribution in [2.45, 2.75) is 18.7 Å². The summed E-state index contributed by atoms with van der Waals surface area (Å²) in [5.74, 6) is -0.941. The normalized spacial score (nSPS) is 11.8. The van der Waals surface area contributed by atoms with Gasteiger partial charge in [0, 0.05) is 0 Å². The van der Waals surface area contributed by atoms with Gasteiger partial charge in [-0.1, -0.05) is 6.92 Å². The fourth-order valence-corrected chi connectivity index (χ4v) is 0.175. The van der Waals surface area contributed by atoms with Crippen molar-refractivity contribution < 1.29 is 9.90 Å². The number of aliphatic carboxylic acids is 1. The molecule has 2 nitrogen and oxygen atoms in total. The summed E-state index contributed by atoms with van der Waals surface area (Å²) in [5.41, 5.74) is 0. The van der Waals surface area contributed by atoms with E-state index in [-0.39, 0.29) is 51.4 Å². The number of rotatable bonds is 2. The van der Waals surface area contributed by atoms with Crippen molar-refractivity contribution in [1.82, 2.24) is 0 Å². The Hall–Kier alpha value is 1.40. The predicted molar refractivity (Wildman–Crippen MR) is 34.7 cm³/mol. The zero-order valence-corrected chi connectivity index (χ0v) is 4.77. The third-order valence-electron chi connectivity index (χ3n) is 0.626. The van der Waals surface area contributed by atoms with Crippen LogP contribution in [0, 0.1) is 0 Å². The Morgan fingerprint density at radius 3 is 2.25 bits per heavy atom. The van der Waals surface area contributed by atoms with Gasteiger partial charge in [-0.25, -0.2) is 0 Å². The summed E-state index contributed by atoms with van der Waals surface area (Å²) in [6.45, 7) is 1.73. The Labute approximate surface area is 96.0 Å². The second kappa shape index (κ2) is 6.52. The molecule has 44 valence electrons. The standard InChI is InChI=1S/C4H7ClO2.K.H/c1-2-3(5)4(6)7;;/h3H,2H2,1H3,(H,6,7);;. The molecular weight excluding hydrogens is 155 g/mol. The van der Waals surface area contributed by atoms with Crippen LogP contribution in [0.15, 0.2) is 0 Å². The van der Waals surface area contributed by atoms with Gasteiger partial charge < -0.3 is 5.11 Å². The first-order valence-corrected chi connectivity index (χ1v) is 2.49. The van der Waals surface area contributed by atoms with E-state index in [0.29, 0.717) is 6.42 Å². The van der Waals surface area contributed by atoms with Crippen LogP contribution in [-0.4, -0.2) is 67.8 Å². The first-order chi connectivity index (χ1) is 3.18. The SMILES string of the molecule is CCC(Cl)C(=O)O.[KH]. The monoisotopic (exact) mass is 162 g/mol. The van der Waals surface area contributed by atoms with Gasteiger partial charge in [-0.2, -0.15) is 0 Å². The molecule has 0 rings (SSSR count). The van der Waals surface area contributed by atoms with Gasteiger partial charge in [0.25, 0.3) is 0 Å². The third kappa shape index (κ3) is 5.53. The van der Waals surface area contributed by atoms with Crippen LogP contribution in [-0.2, 0) is 4.79 Å². The number of carbonyl (C=O) groups is 1. The summed E-state index contributed by atoms with van der Waals surface area (Å²) in [5, 5.41) is 7.34. The van der Waals surface area contributed by atoms with Crippen LogP contribution in [0.25, 0.3) is 0 Å². The molecule has 1 atom stereocenters. The van der Waals surface area contributed by atoms with Gasteiger partial charge in [-0.05, 0) is 6.42 Å². The topological polar surface area (TPSA) is 37.3 Å². The van der Waals surface area contributed by atoms with Crippen LogP contribution in [0.1, 0.15) is 13.3 Å². The first-order valence-electron chi connectivity index (χ1n) is 2.05. The number of hydrogen-bond donors (Lipinski definition) is 1. The van der Waals surface area contributed by atoms with E-state index in [1.54, 1.807) is 6.92 Å². The van der Waals surface area contributed by atoms with Crippen LogP contribution in [0.4, 0.5) is 0 Å². The van der Waals surface area contributed by atoms with Crippen LogP contribution in [0.2, 0.25) is 0 Å². The van der Waals surface area contributed by atoms with Crippen molar-refractivity contribution in [2.24, 2.45) is 0 Å². The van der Waals surface area contributed by atoms with E-state index < -0.39 is 11.3 Å². The van der Waals surface area contributed by atoms with Crippen LogP contribution >= 0.6 is 11.6 Å². The zero-order valence-electron chi connectivity index (χ0n) is 4.02. The zero-order chi connectivity index (χ0) is 5.86. The van der Waals surface area contributed by atoms with E-state index in [0.717, 1.165) is 0 Å². The van der Waals surface area contributed by atoms with Gasteiger partial charge >= 0.3 is 57.4 Å². The average molecular weight is 163 g/mol. The van der Waals surface area contributed by atoms with Crippen molar-refractivity contribution in [3.8, 4) is 0 Å². The average Bonchev–Trinajstić information content (AvgIpc) is 1.65. The molecule has 0 spiro atoms. The van der Waals surface area contributed by atoms with E-state index in [1.165, 1.54) is 0 Å².